The fourth-order valence-electron chi connectivity index (χ4n) is 2.11. The lowest BCUT2D eigenvalue weighted by Gasteiger charge is -2.13. The van der Waals surface area contributed by atoms with Crippen molar-refractivity contribution in [2.45, 2.75) is 19.4 Å². The van der Waals surface area contributed by atoms with E-state index in [0.29, 0.717) is 13.0 Å². The number of hydrogen-bond donors (Lipinski definition) is 3. The van der Waals surface area contributed by atoms with Crippen LogP contribution in [0.4, 0.5) is 10.5 Å². The summed E-state index contributed by atoms with van der Waals surface area (Å²) in [6, 6.07) is 17.3. The lowest BCUT2D eigenvalue weighted by Crippen LogP contribution is -2.31. The first-order valence-corrected chi connectivity index (χ1v) is 7.07. The van der Waals surface area contributed by atoms with Gasteiger partial charge in [-0.15, -0.1) is 0 Å². The van der Waals surface area contributed by atoms with Crippen molar-refractivity contribution in [2.75, 3.05) is 11.9 Å². The molecule has 4 nitrogen and oxygen atoms in total. The fourth-order valence-corrected chi connectivity index (χ4v) is 2.11. The van der Waals surface area contributed by atoms with Gasteiger partial charge in [-0.2, -0.15) is 0 Å². The predicted octanol–water partition coefficient (Wildman–Crippen LogP) is 3.21. The van der Waals surface area contributed by atoms with E-state index in [4.69, 9.17) is 5.73 Å². The van der Waals surface area contributed by atoms with Crippen molar-refractivity contribution in [1.29, 1.82) is 0 Å². The average molecular weight is 283 g/mol. The van der Waals surface area contributed by atoms with E-state index in [2.05, 4.69) is 10.6 Å². The molecule has 0 aliphatic carbocycles. The molecule has 0 aliphatic rings. The maximum atomic E-state index is 11.8. The number of benzene rings is 2. The summed E-state index contributed by atoms with van der Waals surface area (Å²) >= 11 is 0. The van der Waals surface area contributed by atoms with Gasteiger partial charge in [0.1, 0.15) is 0 Å². The Bertz CT molecular complexity index is 584. The van der Waals surface area contributed by atoms with Crippen LogP contribution in [-0.4, -0.2) is 12.6 Å². The van der Waals surface area contributed by atoms with Gasteiger partial charge in [0.25, 0.3) is 0 Å². The fraction of sp³-hybridized carbons (Fsp3) is 0.235. The van der Waals surface area contributed by atoms with E-state index in [-0.39, 0.29) is 12.1 Å². The van der Waals surface area contributed by atoms with Crippen LogP contribution >= 0.6 is 0 Å². The SMILES string of the molecule is Cc1cccc(NC(=O)NCCC(N)c2ccccc2)c1. The van der Waals surface area contributed by atoms with Crippen LogP contribution in [0, 0.1) is 6.92 Å². The van der Waals surface area contributed by atoms with E-state index in [1.54, 1.807) is 0 Å². The summed E-state index contributed by atoms with van der Waals surface area (Å²) in [5.41, 5.74) is 9.07. The Morgan fingerprint density at radius 2 is 1.90 bits per heavy atom. The Balaban J connectivity index is 1.74. The first-order chi connectivity index (χ1) is 10.1. The minimum atomic E-state index is -0.208. The topological polar surface area (TPSA) is 67.2 Å². The second kappa shape index (κ2) is 7.45. The number of carbonyl (C=O) groups excluding carboxylic acids is 1. The number of nitrogens with one attached hydrogen (secondary N) is 2. The molecule has 2 rings (SSSR count). The minimum absolute atomic E-state index is 0.0644. The summed E-state index contributed by atoms with van der Waals surface area (Å²) in [7, 11) is 0. The summed E-state index contributed by atoms with van der Waals surface area (Å²) in [4.78, 5) is 11.8. The number of carbonyl (C=O) groups is 1. The zero-order chi connectivity index (χ0) is 15.1. The second-order valence-electron chi connectivity index (χ2n) is 5.06. The summed E-state index contributed by atoms with van der Waals surface area (Å²) in [6.45, 7) is 2.52. The van der Waals surface area contributed by atoms with Crippen LogP contribution in [-0.2, 0) is 0 Å². The molecular formula is C17H21N3O. The second-order valence-corrected chi connectivity index (χ2v) is 5.06. The Morgan fingerprint density at radius 1 is 1.14 bits per heavy atom. The molecule has 1 unspecified atom stereocenters. The summed E-state index contributed by atoms with van der Waals surface area (Å²) < 4.78 is 0. The van der Waals surface area contributed by atoms with Gasteiger partial charge in [0.05, 0.1) is 0 Å². The third-order valence-electron chi connectivity index (χ3n) is 3.24. The molecule has 0 saturated heterocycles. The van der Waals surface area contributed by atoms with Crippen molar-refractivity contribution in [3.05, 3.63) is 65.7 Å². The maximum Gasteiger partial charge on any atom is 0.319 e. The molecule has 110 valence electrons. The number of amides is 2. The first kappa shape index (κ1) is 15.1. The van der Waals surface area contributed by atoms with Crippen LogP contribution in [0.3, 0.4) is 0 Å². The number of rotatable bonds is 5. The Labute approximate surface area is 125 Å². The molecule has 0 fully saturated rings. The van der Waals surface area contributed by atoms with Crippen LogP contribution in [0.5, 0.6) is 0 Å². The molecule has 0 aliphatic heterocycles. The van der Waals surface area contributed by atoms with Crippen LogP contribution in [0.1, 0.15) is 23.6 Å². The molecule has 1 atom stereocenters. The van der Waals surface area contributed by atoms with E-state index < -0.39 is 0 Å². The highest BCUT2D eigenvalue weighted by Crippen LogP contribution is 2.12. The molecule has 0 bridgehead atoms. The van der Waals surface area contributed by atoms with Gasteiger partial charge in [-0.3, -0.25) is 0 Å². The number of aryl methyl sites for hydroxylation is 1. The van der Waals surface area contributed by atoms with Gasteiger partial charge in [-0.25, -0.2) is 4.79 Å². The van der Waals surface area contributed by atoms with Crippen molar-refractivity contribution in [3.63, 3.8) is 0 Å². The van der Waals surface area contributed by atoms with Crippen LogP contribution in [0.2, 0.25) is 0 Å². The van der Waals surface area contributed by atoms with Crippen molar-refractivity contribution in [1.82, 2.24) is 5.32 Å². The molecule has 0 radical (unpaired) electrons. The number of anilines is 1. The van der Waals surface area contributed by atoms with Crippen molar-refractivity contribution in [2.24, 2.45) is 5.73 Å². The van der Waals surface area contributed by atoms with Crippen LogP contribution < -0.4 is 16.4 Å². The van der Waals surface area contributed by atoms with E-state index >= 15 is 0 Å². The Kier molecular flexibility index (Phi) is 5.35. The lowest BCUT2D eigenvalue weighted by atomic mass is 10.1. The van der Waals surface area contributed by atoms with Gasteiger partial charge in [0.2, 0.25) is 0 Å². The molecule has 4 N–H and O–H groups in total. The monoisotopic (exact) mass is 283 g/mol. The van der Waals surface area contributed by atoms with E-state index in [9.17, 15) is 4.79 Å². The van der Waals surface area contributed by atoms with Gasteiger partial charge in [0, 0.05) is 18.3 Å². The van der Waals surface area contributed by atoms with Gasteiger partial charge in [-0.1, -0.05) is 42.5 Å². The zero-order valence-corrected chi connectivity index (χ0v) is 12.2. The summed E-state index contributed by atoms with van der Waals surface area (Å²) in [5.74, 6) is 0. The minimum Gasteiger partial charge on any atom is -0.338 e. The molecule has 21 heavy (non-hydrogen) atoms. The normalized spacial score (nSPS) is 11.7. The van der Waals surface area contributed by atoms with E-state index in [1.807, 2.05) is 61.5 Å². The van der Waals surface area contributed by atoms with Gasteiger partial charge >= 0.3 is 6.03 Å². The van der Waals surface area contributed by atoms with E-state index in [0.717, 1.165) is 16.8 Å². The van der Waals surface area contributed by atoms with Gasteiger partial charge in [0.15, 0.2) is 0 Å². The largest absolute Gasteiger partial charge is 0.338 e. The van der Waals surface area contributed by atoms with Crippen LogP contribution in [0.25, 0.3) is 0 Å². The molecule has 0 heterocycles. The quantitative estimate of drug-likeness (QED) is 0.788. The van der Waals surface area contributed by atoms with Crippen molar-refractivity contribution in [3.8, 4) is 0 Å². The molecule has 0 aromatic heterocycles. The number of hydrogen-bond acceptors (Lipinski definition) is 2. The first-order valence-electron chi connectivity index (χ1n) is 7.07. The third kappa shape index (κ3) is 4.93. The predicted molar refractivity (Wildman–Crippen MR) is 86.2 cm³/mol. The van der Waals surface area contributed by atoms with Crippen LogP contribution in [0.15, 0.2) is 54.6 Å². The molecule has 2 aromatic rings. The number of nitrogens with two attached hydrogens (primary N) is 1. The zero-order valence-electron chi connectivity index (χ0n) is 12.2. The molecule has 0 saturated carbocycles. The highest BCUT2D eigenvalue weighted by atomic mass is 16.2. The Hall–Kier alpha value is -2.33. The molecule has 0 spiro atoms. The van der Waals surface area contributed by atoms with Crippen molar-refractivity contribution >= 4 is 11.7 Å². The lowest BCUT2D eigenvalue weighted by molar-refractivity contribution is 0.251. The van der Waals surface area contributed by atoms with E-state index in [1.165, 1.54) is 0 Å². The third-order valence-corrected chi connectivity index (χ3v) is 3.24. The molecule has 4 heteroatoms. The average Bonchev–Trinajstić information content (AvgIpc) is 2.48. The Morgan fingerprint density at radius 3 is 2.62 bits per heavy atom. The molecular weight excluding hydrogens is 262 g/mol. The maximum absolute atomic E-state index is 11.8. The van der Waals surface area contributed by atoms with Gasteiger partial charge in [-0.05, 0) is 36.6 Å². The van der Waals surface area contributed by atoms with Crippen molar-refractivity contribution < 1.29 is 4.79 Å². The standard InChI is InChI=1S/C17H21N3O/c1-13-6-5-9-15(12-13)20-17(21)19-11-10-16(18)14-7-3-2-4-8-14/h2-9,12,16H,10-11,18H2,1H3,(H2,19,20,21). The highest BCUT2D eigenvalue weighted by Gasteiger charge is 2.06. The highest BCUT2D eigenvalue weighted by molar-refractivity contribution is 5.89. The molecule has 2 aromatic carbocycles. The smallest absolute Gasteiger partial charge is 0.319 e. The van der Waals surface area contributed by atoms with Gasteiger partial charge < -0.3 is 16.4 Å². The molecule has 2 amide bonds. The summed E-state index contributed by atoms with van der Waals surface area (Å²) in [5, 5.41) is 5.63. The number of urea groups is 1. The summed E-state index contributed by atoms with van der Waals surface area (Å²) in [6.07, 6.45) is 0.700.